The van der Waals surface area contributed by atoms with E-state index in [-0.39, 0.29) is 23.1 Å². The molecule has 0 amide bonds. The molecule has 0 saturated carbocycles. The van der Waals surface area contributed by atoms with Gasteiger partial charge in [-0.25, -0.2) is 13.2 Å². The average Bonchev–Trinajstić information content (AvgIpc) is 3.11. The summed E-state index contributed by atoms with van der Waals surface area (Å²) in [6.07, 6.45) is 1.16. The Morgan fingerprint density at radius 2 is 1.96 bits per heavy atom. The molecule has 1 N–H and O–H groups in total. The fraction of sp³-hybridized carbons (Fsp3) is 0.333. The summed E-state index contributed by atoms with van der Waals surface area (Å²) in [5.41, 5.74) is 1.84. The number of carboxylic acid groups (broad SMARTS) is 1. The lowest BCUT2D eigenvalue weighted by Gasteiger charge is -2.08. The Morgan fingerprint density at radius 3 is 2.50 bits per heavy atom. The number of aryl methyl sites for hydroxylation is 1. The number of carboxylic acids is 1. The molecule has 3 aromatic rings. The van der Waals surface area contributed by atoms with Crippen LogP contribution in [0.15, 0.2) is 33.6 Å². The molecule has 3 rings (SSSR count). The maximum Gasteiger partial charge on any atom is 0.356 e. The zero-order chi connectivity index (χ0) is 19.2. The molecule has 26 heavy (non-hydrogen) atoms. The van der Waals surface area contributed by atoms with Crippen LogP contribution in [0, 0.1) is 6.92 Å². The molecule has 0 unspecified atom stereocenters. The number of aromatic carboxylic acids is 1. The number of furan rings is 1. The van der Waals surface area contributed by atoms with E-state index in [4.69, 9.17) is 9.52 Å². The highest BCUT2D eigenvalue weighted by Gasteiger charge is 2.18. The third-order valence-electron chi connectivity index (χ3n) is 4.20. The van der Waals surface area contributed by atoms with Gasteiger partial charge in [0.25, 0.3) is 0 Å². The van der Waals surface area contributed by atoms with Gasteiger partial charge in [-0.05, 0) is 31.2 Å². The maximum absolute atomic E-state index is 12.1. The molecular weight excluding hydrogens is 356 g/mol. The summed E-state index contributed by atoms with van der Waals surface area (Å²) >= 11 is 0. The van der Waals surface area contributed by atoms with Crippen LogP contribution >= 0.6 is 0 Å². The molecular formula is C18H20N2O5S. The van der Waals surface area contributed by atoms with E-state index in [1.54, 1.807) is 19.1 Å². The van der Waals surface area contributed by atoms with Crippen molar-refractivity contribution in [2.75, 3.05) is 6.26 Å². The van der Waals surface area contributed by atoms with Gasteiger partial charge in [0.2, 0.25) is 0 Å². The van der Waals surface area contributed by atoms with Crippen LogP contribution in [0.3, 0.4) is 0 Å². The molecule has 0 aliphatic carbocycles. The van der Waals surface area contributed by atoms with Crippen molar-refractivity contribution in [1.82, 2.24) is 9.78 Å². The molecule has 2 heterocycles. The first-order valence-corrected chi connectivity index (χ1v) is 9.99. The standard InChI is InChI=1S/C18H20N2O5S/c1-10(2)16-8-12-6-14(26(4,23)24)7-13(17(12)25-16)9-20-11(3)5-15(19-20)18(21)22/h5-8,10H,9H2,1-4H3,(H,21,22). The lowest BCUT2D eigenvalue weighted by Crippen LogP contribution is -2.07. The first-order chi connectivity index (χ1) is 12.1. The molecule has 1 aromatic carbocycles. The molecule has 7 nitrogen and oxygen atoms in total. The molecule has 2 aromatic heterocycles. The van der Waals surface area contributed by atoms with Crippen LogP contribution in [0.5, 0.6) is 0 Å². The van der Waals surface area contributed by atoms with Crippen LogP contribution < -0.4 is 0 Å². The second-order valence-corrected chi connectivity index (χ2v) is 8.73. The summed E-state index contributed by atoms with van der Waals surface area (Å²) in [4.78, 5) is 11.3. The van der Waals surface area contributed by atoms with Crippen LogP contribution in [0.2, 0.25) is 0 Å². The van der Waals surface area contributed by atoms with Gasteiger partial charge in [0.15, 0.2) is 15.5 Å². The van der Waals surface area contributed by atoms with Crippen molar-refractivity contribution in [3.8, 4) is 0 Å². The van der Waals surface area contributed by atoms with Gasteiger partial charge < -0.3 is 9.52 Å². The zero-order valence-electron chi connectivity index (χ0n) is 15.0. The van der Waals surface area contributed by atoms with E-state index in [0.717, 1.165) is 12.0 Å². The average molecular weight is 376 g/mol. The predicted molar refractivity (Wildman–Crippen MR) is 96.4 cm³/mol. The topological polar surface area (TPSA) is 102 Å². The SMILES string of the molecule is Cc1cc(C(=O)O)nn1Cc1cc(S(C)(=O)=O)cc2cc(C(C)C)oc12. The summed E-state index contributed by atoms with van der Waals surface area (Å²) in [5, 5.41) is 13.9. The van der Waals surface area contributed by atoms with E-state index < -0.39 is 15.8 Å². The van der Waals surface area contributed by atoms with E-state index in [0.29, 0.717) is 22.2 Å². The predicted octanol–water partition coefficient (Wildman–Crippen LogP) is 3.21. The molecule has 0 saturated heterocycles. The lowest BCUT2D eigenvalue weighted by molar-refractivity contribution is 0.0689. The lowest BCUT2D eigenvalue weighted by atomic mass is 10.1. The van der Waals surface area contributed by atoms with Crippen molar-refractivity contribution < 1.29 is 22.7 Å². The van der Waals surface area contributed by atoms with Gasteiger partial charge in [-0.1, -0.05) is 13.8 Å². The second-order valence-electron chi connectivity index (χ2n) is 6.71. The second kappa shape index (κ2) is 6.28. The van der Waals surface area contributed by atoms with Crippen molar-refractivity contribution in [3.63, 3.8) is 0 Å². The molecule has 0 spiro atoms. The molecule has 0 aliphatic rings. The van der Waals surface area contributed by atoms with E-state index in [2.05, 4.69) is 5.10 Å². The first-order valence-electron chi connectivity index (χ1n) is 8.10. The highest BCUT2D eigenvalue weighted by molar-refractivity contribution is 7.90. The van der Waals surface area contributed by atoms with Crippen molar-refractivity contribution in [1.29, 1.82) is 0 Å². The third kappa shape index (κ3) is 3.37. The smallest absolute Gasteiger partial charge is 0.356 e. The van der Waals surface area contributed by atoms with Gasteiger partial charge in [0.1, 0.15) is 11.3 Å². The first kappa shape index (κ1) is 18.2. The number of nitrogens with zero attached hydrogens (tertiary/aromatic N) is 2. The number of benzene rings is 1. The number of hydrogen-bond acceptors (Lipinski definition) is 5. The fourth-order valence-electron chi connectivity index (χ4n) is 2.77. The monoisotopic (exact) mass is 376 g/mol. The molecule has 138 valence electrons. The molecule has 0 fully saturated rings. The van der Waals surface area contributed by atoms with Crippen LogP contribution in [0.4, 0.5) is 0 Å². The van der Waals surface area contributed by atoms with Gasteiger partial charge >= 0.3 is 5.97 Å². The van der Waals surface area contributed by atoms with Gasteiger partial charge in [-0.2, -0.15) is 5.10 Å². The van der Waals surface area contributed by atoms with E-state index in [1.165, 1.54) is 10.7 Å². The Kier molecular flexibility index (Phi) is 4.39. The Balaban J connectivity index is 2.18. The zero-order valence-corrected chi connectivity index (χ0v) is 15.8. The number of fused-ring (bicyclic) bond motifs is 1. The van der Waals surface area contributed by atoms with Gasteiger partial charge in [-0.15, -0.1) is 0 Å². The Hall–Kier alpha value is -2.61. The normalized spacial score (nSPS) is 12.2. The molecule has 0 atom stereocenters. The molecule has 0 bridgehead atoms. The highest BCUT2D eigenvalue weighted by Crippen LogP contribution is 2.30. The van der Waals surface area contributed by atoms with Crippen LogP contribution in [0.1, 0.15) is 47.3 Å². The number of rotatable bonds is 5. The quantitative estimate of drug-likeness (QED) is 0.733. The Labute approximate surface area is 151 Å². The minimum Gasteiger partial charge on any atom is -0.476 e. The fourth-order valence-corrected chi connectivity index (χ4v) is 3.46. The third-order valence-corrected chi connectivity index (χ3v) is 5.30. The maximum atomic E-state index is 12.1. The van der Waals surface area contributed by atoms with Crippen molar-refractivity contribution in [2.45, 2.75) is 38.1 Å². The van der Waals surface area contributed by atoms with Gasteiger partial charge in [0, 0.05) is 28.8 Å². The summed E-state index contributed by atoms with van der Waals surface area (Å²) in [5.74, 6) is -0.195. The van der Waals surface area contributed by atoms with E-state index >= 15 is 0 Å². The number of aromatic nitrogens is 2. The number of carbonyl (C=O) groups is 1. The minimum atomic E-state index is -3.40. The van der Waals surface area contributed by atoms with Crippen molar-refractivity contribution in [2.24, 2.45) is 0 Å². The van der Waals surface area contributed by atoms with Crippen molar-refractivity contribution >= 4 is 26.8 Å². The molecule has 0 radical (unpaired) electrons. The summed E-state index contributed by atoms with van der Waals surface area (Å²) in [6, 6.07) is 6.48. The summed E-state index contributed by atoms with van der Waals surface area (Å²) in [6.45, 7) is 5.94. The van der Waals surface area contributed by atoms with Crippen molar-refractivity contribution in [3.05, 3.63) is 47.0 Å². The van der Waals surface area contributed by atoms with Gasteiger partial charge in [-0.3, -0.25) is 4.68 Å². The number of hydrogen-bond donors (Lipinski definition) is 1. The van der Waals surface area contributed by atoms with Crippen LogP contribution in [-0.4, -0.2) is 35.5 Å². The number of sulfone groups is 1. The highest BCUT2D eigenvalue weighted by atomic mass is 32.2. The largest absolute Gasteiger partial charge is 0.476 e. The van der Waals surface area contributed by atoms with Gasteiger partial charge in [0.05, 0.1) is 11.4 Å². The molecule has 8 heteroatoms. The van der Waals surface area contributed by atoms with E-state index in [1.807, 2.05) is 19.9 Å². The van der Waals surface area contributed by atoms with Crippen LogP contribution in [0.25, 0.3) is 11.0 Å². The Morgan fingerprint density at radius 1 is 1.27 bits per heavy atom. The molecule has 0 aliphatic heterocycles. The Bertz CT molecular complexity index is 1110. The minimum absolute atomic E-state index is 0.0553. The summed E-state index contributed by atoms with van der Waals surface area (Å²) in [7, 11) is -3.40. The summed E-state index contributed by atoms with van der Waals surface area (Å²) < 4.78 is 31.6. The van der Waals surface area contributed by atoms with Crippen LogP contribution in [-0.2, 0) is 16.4 Å². The van der Waals surface area contributed by atoms with E-state index in [9.17, 15) is 13.2 Å².